The zero-order chi connectivity index (χ0) is 30.3. The number of hydrogen-bond donors (Lipinski definition) is 0. The highest BCUT2D eigenvalue weighted by Crippen LogP contribution is 2.31. The highest BCUT2D eigenvalue weighted by Gasteiger charge is 2.43. The van der Waals surface area contributed by atoms with E-state index in [-0.39, 0.29) is 76.6 Å². The molecule has 0 aliphatic carbocycles. The van der Waals surface area contributed by atoms with Crippen molar-refractivity contribution in [3.63, 3.8) is 0 Å². The van der Waals surface area contributed by atoms with E-state index >= 15 is 0 Å². The van der Waals surface area contributed by atoms with Gasteiger partial charge in [0, 0.05) is 37.3 Å². The van der Waals surface area contributed by atoms with E-state index in [0.29, 0.717) is 11.1 Å². The van der Waals surface area contributed by atoms with Crippen LogP contribution in [0.2, 0.25) is 0 Å². The van der Waals surface area contributed by atoms with Crippen molar-refractivity contribution >= 4 is 23.5 Å². The van der Waals surface area contributed by atoms with Gasteiger partial charge in [-0.1, -0.05) is 36.4 Å². The van der Waals surface area contributed by atoms with Gasteiger partial charge >= 0.3 is 11.9 Å². The van der Waals surface area contributed by atoms with Gasteiger partial charge in [-0.3, -0.25) is 9.59 Å². The Bertz CT molecular complexity index is 1200. The first-order valence-corrected chi connectivity index (χ1v) is 13.7. The predicted octanol–water partition coefficient (Wildman–Crippen LogP) is 3.46. The molecule has 0 bridgehead atoms. The third-order valence-electron chi connectivity index (χ3n) is 7.86. The molecule has 12 heteroatoms. The number of Topliss-reactive ketones (excluding diaryl/α,β-unsaturated/α-hetero) is 2. The monoisotopic (exact) mass is 588 g/mol. The number of nitrogens with zero attached hydrogens (tertiary/aromatic N) is 2. The van der Waals surface area contributed by atoms with Crippen molar-refractivity contribution in [1.82, 2.24) is 10.1 Å². The van der Waals surface area contributed by atoms with E-state index in [1.807, 2.05) is 0 Å². The number of halogens is 2. The summed E-state index contributed by atoms with van der Waals surface area (Å²) >= 11 is 0. The maximum absolute atomic E-state index is 14.0. The lowest BCUT2D eigenvalue weighted by atomic mass is 9.88. The van der Waals surface area contributed by atoms with Crippen LogP contribution in [0.25, 0.3) is 0 Å². The normalized spacial score (nSPS) is 18.7. The molecule has 2 aromatic rings. The van der Waals surface area contributed by atoms with E-state index in [1.54, 1.807) is 36.4 Å². The molecule has 0 spiro atoms. The minimum atomic E-state index is -1.24. The van der Waals surface area contributed by atoms with Gasteiger partial charge in [0.05, 0.1) is 13.2 Å². The van der Waals surface area contributed by atoms with Crippen LogP contribution in [0.1, 0.15) is 50.7 Å². The van der Waals surface area contributed by atoms with Gasteiger partial charge in [-0.25, -0.2) is 18.4 Å². The second kappa shape index (κ2) is 13.6. The summed E-state index contributed by atoms with van der Waals surface area (Å²) in [5, 5.41) is 2.51. The number of ketones is 2. The Labute approximate surface area is 242 Å². The molecule has 226 valence electrons. The van der Waals surface area contributed by atoms with Gasteiger partial charge in [-0.05, 0) is 51.7 Å². The van der Waals surface area contributed by atoms with Gasteiger partial charge in [0.2, 0.25) is 0 Å². The first kappa shape index (κ1) is 31.4. The molecule has 0 radical (unpaired) electrons. The van der Waals surface area contributed by atoms with E-state index in [2.05, 4.69) is 0 Å². The fourth-order valence-corrected chi connectivity index (χ4v) is 5.05. The van der Waals surface area contributed by atoms with E-state index < -0.39 is 34.8 Å². The second-order valence-corrected chi connectivity index (χ2v) is 10.5. The van der Waals surface area contributed by atoms with Crippen LogP contribution in [0, 0.1) is 11.6 Å². The molecule has 2 aliphatic heterocycles. The van der Waals surface area contributed by atoms with Gasteiger partial charge in [0.1, 0.15) is 22.8 Å². The average molecular weight is 589 g/mol. The maximum atomic E-state index is 14.0. The molecule has 2 aliphatic rings. The minimum Gasteiger partial charge on any atom is -0.362 e. The SMILES string of the molecule is CC(=O)C1(OCc2ccccc2F)CCN(OC(=O)C(=O)ON2CCC(OCc3ccccc3F)(C(C)=O)CC2)CC1. The summed E-state index contributed by atoms with van der Waals surface area (Å²) in [6.45, 7) is 3.05. The number of ether oxygens (including phenoxy) is 2. The first-order valence-electron chi connectivity index (χ1n) is 13.7. The molecule has 2 aromatic carbocycles. The summed E-state index contributed by atoms with van der Waals surface area (Å²) in [6.07, 6.45) is 0.687. The van der Waals surface area contributed by atoms with E-state index in [4.69, 9.17) is 19.1 Å². The van der Waals surface area contributed by atoms with Gasteiger partial charge in [0.15, 0.2) is 11.6 Å². The summed E-state index contributed by atoms with van der Waals surface area (Å²) in [5.74, 6) is -3.80. The van der Waals surface area contributed by atoms with Crippen molar-refractivity contribution in [2.24, 2.45) is 0 Å². The largest absolute Gasteiger partial charge is 0.438 e. The lowest BCUT2D eigenvalue weighted by Gasteiger charge is -2.39. The standard InChI is InChI=1S/C30H34F2N2O8/c1-21(35)29(39-19-23-7-3-5-9-25(23)31)11-15-33(16-12-29)41-27(37)28(38)42-34-17-13-30(14-18-34,22(2)36)40-20-24-8-4-6-10-26(24)32/h3-10H,11-20H2,1-2H3. The first-order chi connectivity index (χ1) is 20.0. The zero-order valence-electron chi connectivity index (χ0n) is 23.6. The Balaban J connectivity index is 1.23. The molecule has 0 saturated carbocycles. The molecule has 2 heterocycles. The van der Waals surface area contributed by atoms with Crippen molar-refractivity contribution in [1.29, 1.82) is 0 Å². The summed E-state index contributed by atoms with van der Waals surface area (Å²) < 4.78 is 39.7. The molecule has 0 amide bonds. The Kier molecular flexibility index (Phi) is 10.2. The Morgan fingerprint density at radius 1 is 0.643 bits per heavy atom. The van der Waals surface area contributed by atoms with Crippen LogP contribution >= 0.6 is 0 Å². The van der Waals surface area contributed by atoms with Crippen LogP contribution in [0.3, 0.4) is 0 Å². The number of benzene rings is 2. The summed E-state index contributed by atoms with van der Waals surface area (Å²) in [4.78, 5) is 60.1. The molecule has 10 nitrogen and oxygen atoms in total. The van der Waals surface area contributed by atoms with Crippen LogP contribution in [-0.2, 0) is 51.5 Å². The number of hydrogen-bond acceptors (Lipinski definition) is 10. The quantitative estimate of drug-likeness (QED) is 0.383. The molecule has 0 atom stereocenters. The molecule has 0 aromatic heterocycles. The Hall–Kier alpha value is -3.58. The van der Waals surface area contributed by atoms with Crippen LogP contribution in [0.5, 0.6) is 0 Å². The molecule has 0 N–H and O–H groups in total. The van der Waals surface area contributed by atoms with Crippen molar-refractivity contribution in [2.45, 2.75) is 63.9 Å². The smallest absolute Gasteiger partial charge is 0.362 e. The van der Waals surface area contributed by atoms with Gasteiger partial charge in [0.25, 0.3) is 0 Å². The Morgan fingerprint density at radius 2 is 0.976 bits per heavy atom. The highest BCUT2D eigenvalue weighted by molar-refractivity contribution is 6.29. The number of carbonyl (C=O) groups is 4. The van der Waals surface area contributed by atoms with Crippen molar-refractivity contribution in [3.05, 3.63) is 71.3 Å². The fourth-order valence-electron chi connectivity index (χ4n) is 5.05. The second-order valence-electron chi connectivity index (χ2n) is 10.5. The molecular formula is C30H34F2N2O8. The van der Waals surface area contributed by atoms with Crippen molar-refractivity contribution in [2.75, 3.05) is 26.2 Å². The van der Waals surface area contributed by atoms with Gasteiger partial charge in [-0.2, -0.15) is 0 Å². The molecule has 2 saturated heterocycles. The lowest BCUT2D eigenvalue weighted by Crippen LogP contribution is -2.52. The van der Waals surface area contributed by atoms with Gasteiger partial charge < -0.3 is 19.1 Å². The van der Waals surface area contributed by atoms with Gasteiger partial charge in [-0.15, -0.1) is 10.1 Å². The fraction of sp³-hybridized carbons (Fsp3) is 0.467. The predicted molar refractivity (Wildman–Crippen MR) is 143 cm³/mol. The summed E-state index contributed by atoms with van der Waals surface area (Å²) in [6, 6.07) is 12.3. The molecule has 4 rings (SSSR count). The third-order valence-corrected chi connectivity index (χ3v) is 7.86. The van der Waals surface area contributed by atoms with Crippen molar-refractivity contribution in [3.8, 4) is 0 Å². The number of piperidine rings is 2. The summed E-state index contributed by atoms with van der Waals surface area (Å²) in [5.41, 5.74) is -1.69. The van der Waals surface area contributed by atoms with E-state index in [1.165, 1.54) is 36.1 Å². The summed E-state index contributed by atoms with van der Waals surface area (Å²) in [7, 11) is 0. The van der Waals surface area contributed by atoms with Crippen LogP contribution in [0.4, 0.5) is 8.78 Å². The Morgan fingerprint density at radius 3 is 1.29 bits per heavy atom. The lowest BCUT2D eigenvalue weighted by molar-refractivity contribution is -0.232. The van der Waals surface area contributed by atoms with Crippen LogP contribution < -0.4 is 0 Å². The molecule has 42 heavy (non-hydrogen) atoms. The molecular weight excluding hydrogens is 554 g/mol. The number of hydroxylamine groups is 4. The van der Waals surface area contributed by atoms with E-state index in [9.17, 15) is 28.0 Å². The molecule has 0 unspecified atom stereocenters. The van der Waals surface area contributed by atoms with E-state index in [0.717, 1.165) is 0 Å². The average Bonchev–Trinajstić information content (AvgIpc) is 2.97. The topological polar surface area (TPSA) is 112 Å². The number of rotatable bonds is 10. The molecule has 2 fully saturated rings. The third kappa shape index (κ3) is 7.43. The minimum absolute atomic E-state index is 0.0900. The van der Waals surface area contributed by atoms with Crippen LogP contribution in [0.15, 0.2) is 48.5 Å². The zero-order valence-corrected chi connectivity index (χ0v) is 23.6. The van der Waals surface area contributed by atoms with Crippen molar-refractivity contribution < 1.29 is 47.1 Å². The maximum Gasteiger partial charge on any atom is 0.438 e. The van der Waals surface area contributed by atoms with Crippen LogP contribution in [-0.4, -0.2) is 71.0 Å². The number of carbonyl (C=O) groups excluding carboxylic acids is 4. The highest BCUT2D eigenvalue weighted by atomic mass is 19.1.